The van der Waals surface area contributed by atoms with Crippen LogP contribution >= 0.6 is 0 Å². The Kier molecular flexibility index (Phi) is 6.21. The molecule has 0 aromatic heterocycles. The van der Waals surface area contributed by atoms with Gasteiger partial charge in [0, 0.05) is 13.1 Å². The van der Waals surface area contributed by atoms with Gasteiger partial charge < -0.3 is 15.5 Å². The minimum atomic E-state index is -3.73. The lowest BCUT2D eigenvalue weighted by Crippen LogP contribution is -2.33. The van der Waals surface area contributed by atoms with Gasteiger partial charge in [0.1, 0.15) is 0 Å². The molecule has 3 rings (SSSR count). The summed E-state index contributed by atoms with van der Waals surface area (Å²) >= 11 is 0. The van der Waals surface area contributed by atoms with Gasteiger partial charge in [-0.2, -0.15) is 0 Å². The van der Waals surface area contributed by atoms with Crippen LogP contribution in [0.3, 0.4) is 0 Å². The molecule has 0 spiro atoms. The van der Waals surface area contributed by atoms with Gasteiger partial charge in [-0.15, -0.1) is 0 Å². The Morgan fingerprint density at radius 1 is 1.04 bits per heavy atom. The summed E-state index contributed by atoms with van der Waals surface area (Å²) in [5.74, 6) is 0. The average Bonchev–Trinajstić information content (AvgIpc) is 2.68. The Morgan fingerprint density at radius 3 is 2.32 bits per heavy atom. The first-order valence-electron chi connectivity index (χ1n) is 9.39. The molecule has 1 fully saturated rings. The minimum absolute atomic E-state index is 0.0448. The highest BCUT2D eigenvalue weighted by Crippen LogP contribution is 2.28. The zero-order chi connectivity index (χ0) is 20.1. The maximum Gasteiger partial charge on any atom is 0.319 e. The summed E-state index contributed by atoms with van der Waals surface area (Å²) < 4.78 is 22.7. The van der Waals surface area contributed by atoms with E-state index in [1.165, 1.54) is 18.6 Å². The number of urea groups is 1. The van der Waals surface area contributed by atoms with E-state index in [9.17, 15) is 13.2 Å². The largest absolute Gasteiger partial charge is 0.370 e. The number of carbonyl (C=O) groups excluding carboxylic acids is 1. The number of anilines is 2. The number of sulfonamides is 1. The van der Waals surface area contributed by atoms with Gasteiger partial charge in [-0.05, 0) is 56.0 Å². The number of nitrogens with zero attached hydrogens (tertiary/aromatic N) is 1. The molecule has 1 unspecified atom stereocenters. The molecule has 1 aliphatic heterocycles. The van der Waals surface area contributed by atoms with Crippen LogP contribution in [0.15, 0.2) is 53.4 Å². The van der Waals surface area contributed by atoms with E-state index in [-0.39, 0.29) is 17.0 Å². The average molecular weight is 403 g/mol. The molecular formula is C20H26N4O3S. The van der Waals surface area contributed by atoms with Crippen molar-refractivity contribution in [2.24, 2.45) is 5.14 Å². The third-order valence-corrected chi connectivity index (χ3v) is 5.83. The quantitative estimate of drug-likeness (QED) is 0.714. The van der Waals surface area contributed by atoms with Gasteiger partial charge in [-0.1, -0.05) is 24.3 Å². The Balaban J connectivity index is 1.65. The fourth-order valence-corrected chi connectivity index (χ4v) is 3.89. The number of nitrogens with two attached hydrogens (primary N) is 1. The highest BCUT2D eigenvalue weighted by molar-refractivity contribution is 7.89. The van der Waals surface area contributed by atoms with Crippen LogP contribution in [0.2, 0.25) is 0 Å². The highest BCUT2D eigenvalue weighted by atomic mass is 32.2. The molecule has 0 aliphatic carbocycles. The van der Waals surface area contributed by atoms with Crippen LogP contribution < -0.4 is 20.7 Å². The SMILES string of the molecule is CC(NC(=O)Nc1ccccc1N1CCCCC1)c1ccc(S(N)(=O)=O)cc1. The van der Waals surface area contributed by atoms with Gasteiger partial charge in [0.05, 0.1) is 22.3 Å². The van der Waals surface area contributed by atoms with Crippen molar-refractivity contribution in [3.05, 3.63) is 54.1 Å². The number of benzene rings is 2. The molecule has 0 bridgehead atoms. The minimum Gasteiger partial charge on any atom is -0.370 e. The fourth-order valence-electron chi connectivity index (χ4n) is 3.37. The van der Waals surface area contributed by atoms with Crippen LogP contribution in [0.25, 0.3) is 0 Å². The summed E-state index contributed by atoms with van der Waals surface area (Å²) in [6.45, 7) is 3.82. The summed E-state index contributed by atoms with van der Waals surface area (Å²) in [6, 6.07) is 13.4. The van der Waals surface area contributed by atoms with E-state index < -0.39 is 10.0 Å². The van der Waals surface area contributed by atoms with Crippen molar-refractivity contribution in [3.63, 3.8) is 0 Å². The molecule has 2 aromatic carbocycles. The second-order valence-electron chi connectivity index (χ2n) is 7.00. The Morgan fingerprint density at radius 2 is 1.68 bits per heavy atom. The van der Waals surface area contributed by atoms with Crippen molar-refractivity contribution >= 4 is 27.4 Å². The standard InChI is InChI=1S/C20H26N4O3S/c1-15(16-9-11-17(12-10-16)28(21,26)27)22-20(25)23-18-7-3-4-8-19(18)24-13-5-2-6-14-24/h3-4,7-12,15H,2,5-6,13-14H2,1H3,(H2,21,26,27)(H2,22,23,25). The molecule has 28 heavy (non-hydrogen) atoms. The number of para-hydroxylation sites is 2. The van der Waals surface area contributed by atoms with Crippen LogP contribution in [0.4, 0.5) is 16.2 Å². The van der Waals surface area contributed by atoms with E-state index in [0.29, 0.717) is 0 Å². The summed E-state index contributed by atoms with van der Waals surface area (Å²) in [5, 5.41) is 10.9. The number of hydrogen-bond acceptors (Lipinski definition) is 4. The molecular weight excluding hydrogens is 376 g/mol. The van der Waals surface area contributed by atoms with Gasteiger partial charge in [0.15, 0.2) is 0 Å². The zero-order valence-electron chi connectivity index (χ0n) is 15.9. The second-order valence-corrected chi connectivity index (χ2v) is 8.56. The lowest BCUT2D eigenvalue weighted by molar-refractivity contribution is 0.249. The number of carbonyl (C=O) groups is 1. The van der Waals surface area contributed by atoms with Crippen molar-refractivity contribution < 1.29 is 13.2 Å². The smallest absolute Gasteiger partial charge is 0.319 e. The maximum absolute atomic E-state index is 12.5. The number of amides is 2. The van der Waals surface area contributed by atoms with E-state index in [4.69, 9.17) is 5.14 Å². The van der Waals surface area contributed by atoms with Crippen LogP contribution in [0.5, 0.6) is 0 Å². The van der Waals surface area contributed by atoms with E-state index in [1.807, 2.05) is 31.2 Å². The molecule has 1 atom stereocenters. The van der Waals surface area contributed by atoms with E-state index >= 15 is 0 Å². The summed E-state index contributed by atoms with van der Waals surface area (Å²) in [7, 11) is -3.73. The fraction of sp³-hybridized carbons (Fsp3) is 0.350. The van der Waals surface area contributed by atoms with Crippen molar-refractivity contribution in [2.75, 3.05) is 23.3 Å². The molecule has 4 N–H and O–H groups in total. The van der Waals surface area contributed by atoms with Crippen molar-refractivity contribution in [3.8, 4) is 0 Å². The number of piperidine rings is 1. The molecule has 0 radical (unpaired) electrons. The first-order chi connectivity index (χ1) is 13.3. The van der Waals surface area contributed by atoms with Gasteiger partial charge in [-0.25, -0.2) is 18.4 Å². The van der Waals surface area contributed by atoms with E-state index in [2.05, 4.69) is 15.5 Å². The van der Waals surface area contributed by atoms with Crippen molar-refractivity contribution in [1.82, 2.24) is 5.32 Å². The van der Waals surface area contributed by atoms with Crippen molar-refractivity contribution in [2.45, 2.75) is 37.1 Å². The predicted molar refractivity (Wildman–Crippen MR) is 111 cm³/mol. The predicted octanol–water partition coefficient (Wildman–Crippen LogP) is 3.21. The topological polar surface area (TPSA) is 105 Å². The van der Waals surface area contributed by atoms with Gasteiger partial charge >= 0.3 is 6.03 Å². The molecule has 2 aromatic rings. The number of hydrogen-bond donors (Lipinski definition) is 3. The van der Waals surface area contributed by atoms with Crippen LogP contribution in [0, 0.1) is 0 Å². The van der Waals surface area contributed by atoms with Gasteiger partial charge in [-0.3, -0.25) is 0 Å². The van der Waals surface area contributed by atoms with E-state index in [1.54, 1.807) is 12.1 Å². The Bertz CT molecular complexity index is 923. The summed E-state index contributed by atoms with van der Waals surface area (Å²) in [6.07, 6.45) is 3.56. The van der Waals surface area contributed by atoms with Gasteiger partial charge in [0.2, 0.25) is 10.0 Å². The third kappa shape index (κ3) is 5.02. The first-order valence-corrected chi connectivity index (χ1v) is 10.9. The molecule has 1 heterocycles. The maximum atomic E-state index is 12.5. The van der Waals surface area contributed by atoms with Crippen molar-refractivity contribution in [1.29, 1.82) is 0 Å². The first kappa shape index (κ1) is 20.2. The van der Waals surface area contributed by atoms with Crippen LogP contribution in [0.1, 0.15) is 37.8 Å². The lowest BCUT2D eigenvalue weighted by atomic mass is 10.1. The third-order valence-electron chi connectivity index (χ3n) is 4.91. The monoisotopic (exact) mass is 402 g/mol. The molecule has 2 amide bonds. The van der Waals surface area contributed by atoms with E-state index in [0.717, 1.165) is 42.9 Å². The molecule has 1 aliphatic rings. The van der Waals surface area contributed by atoms with Crippen LogP contribution in [-0.4, -0.2) is 27.5 Å². The van der Waals surface area contributed by atoms with Crippen LogP contribution in [-0.2, 0) is 10.0 Å². The van der Waals surface area contributed by atoms with Gasteiger partial charge in [0.25, 0.3) is 0 Å². The molecule has 8 heteroatoms. The second kappa shape index (κ2) is 8.62. The normalized spacial score (nSPS) is 15.7. The molecule has 7 nitrogen and oxygen atoms in total. The molecule has 0 saturated carbocycles. The highest BCUT2D eigenvalue weighted by Gasteiger charge is 2.17. The Hall–Kier alpha value is -2.58. The molecule has 1 saturated heterocycles. The summed E-state index contributed by atoms with van der Waals surface area (Å²) in [5.41, 5.74) is 2.59. The summed E-state index contributed by atoms with van der Waals surface area (Å²) in [4.78, 5) is 14.8. The Labute approximate surface area is 166 Å². The lowest BCUT2D eigenvalue weighted by Gasteiger charge is -2.30. The molecule has 150 valence electrons. The number of rotatable bonds is 5. The number of primary sulfonamides is 1. The zero-order valence-corrected chi connectivity index (χ0v) is 16.7. The number of nitrogens with one attached hydrogen (secondary N) is 2.